The highest BCUT2D eigenvalue weighted by Crippen LogP contribution is 2.37. The molecule has 0 atom stereocenters. The van der Waals surface area contributed by atoms with E-state index in [0.717, 1.165) is 4.90 Å². The van der Waals surface area contributed by atoms with Crippen LogP contribution < -0.4 is 11.5 Å². The molecule has 0 aliphatic rings. The molecule has 0 fully saturated rings. The molecule has 0 aliphatic carbocycles. The first-order chi connectivity index (χ1) is 8.47. The fraction of sp³-hybridized carbons (Fsp3) is 0.0909. The second kappa shape index (κ2) is 4.91. The quantitative estimate of drug-likeness (QED) is 0.842. The zero-order chi connectivity index (χ0) is 13.3. The molecule has 2 rings (SSSR count). The maximum Gasteiger partial charge on any atom is 0.249 e. The molecule has 4 N–H and O–H groups in total. The number of carbonyl (C=O) groups excluding carboxylic acids is 1. The van der Waals surface area contributed by atoms with Crippen molar-refractivity contribution in [1.29, 1.82) is 0 Å². The summed E-state index contributed by atoms with van der Waals surface area (Å²) in [6, 6.07) is 3.11. The highest BCUT2D eigenvalue weighted by Gasteiger charge is 2.15. The van der Waals surface area contributed by atoms with E-state index in [0.29, 0.717) is 21.2 Å². The highest BCUT2D eigenvalue weighted by molar-refractivity contribution is 7.99. The maximum atomic E-state index is 11.4. The molecule has 1 amide bonds. The molecule has 0 unspecified atom stereocenters. The van der Waals surface area contributed by atoms with Crippen LogP contribution in [0.1, 0.15) is 10.4 Å². The van der Waals surface area contributed by atoms with Crippen molar-refractivity contribution < 1.29 is 4.79 Å². The van der Waals surface area contributed by atoms with E-state index in [1.54, 1.807) is 16.9 Å². The summed E-state index contributed by atoms with van der Waals surface area (Å²) in [6.07, 6.45) is 3.50. The number of aromatic nitrogens is 2. The minimum atomic E-state index is -0.560. The maximum absolute atomic E-state index is 11.4. The molecule has 0 spiro atoms. The van der Waals surface area contributed by atoms with Crippen LogP contribution in [0.2, 0.25) is 5.02 Å². The Kier molecular flexibility index (Phi) is 3.49. The normalized spacial score (nSPS) is 10.6. The lowest BCUT2D eigenvalue weighted by atomic mass is 10.2. The molecule has 0 saturated heterocycles. The third-order valence-electron chi connectivity index (χ3n) is 2.23. The van der Waals surface area contributed by atoms with Crippen LogP contribution in [0.4, 0.5) is 5.69 Å². The van der Waals surface area contributed by atoms with Crippen molar-refractivity contribution in [3.05, 3.63) is 35.1 Å². The topological polar surface area (TPSA) is 86.9 Å². The van der Waals surface area contributed by atoms with Crippen molar-refractivity contribution in [3.63, 3.8) is 0 Å². The van der Waals surface area contributed by atoms with E-state index in [1.807, 2.05) is 13.2 Å². The van der Waals surface area contributed by atoms with Crippen LogP contribution in [-0.2, 0) is 7.05 Å². The second-order valence-electron chi connectivity index (χ2n) is 3.70. The van der Waals surface area contributed by atoms with E-state index in [2.05, 4.69) is 5.10 Å². The van der Waals surface area contributed by atoms with E-state index in [1.165, 1.54) is 17.8 Å². The average Bonchev–Trinajstić information content (AvgIpc) is 2.67. The zero-order valence-electron chi connectivity index (χ0n) is 9.55. The van der Waals surface area contributed by atoms with Gasteiger partial charge in [-0.2, -0.15) is 5.10 Å². The van der Waals surface area contributed by atoms with Crippen LogP contribution in [0.15, 0.2) is 34.3 Å². The monoisotopic (exact) mass is 282 g/mol. The highest BCUT2D eigenvalue weighted by atomic mass is 35.5. The van der Waals surface area contributed by atoms with Gasteiger partial charge >= 0.3 is 0 Å². The SMILES string of the molecule is Cn1cc(Sc2c(Cl)cc(N)cc2C(N)=O)cn1. The molecule has 1 aromatic heterocycles. The number of amides is 1. The third kappa shape index (κ3) is 2.60. The Balaban J connectivity index is 2.46. The molecule has 2 aromatic rings. The molecule has 18 heavy (non-hydrogen) atoms. The van der Waals surface area contributed by atoms with Gasteiger partial charge < -0.3 is 11.5 Å². The van der Waals surface area contributed by atoms with Crippen molar-refractivity contribution in [2.24, 2.45) is 12.8 Å². The number of nitrogen functional groups attached to an aromatic ring is 1. The Labute approximate surface area is 113 Å². The van der Waals surface area contributed by atoms with Gasteiger partial charge in [-0.1, -0.05) is 23.4 Å². The van der Waals surface area contributed by atoms with Crippen LogP contribution >= 0.6 is 23.4 Å². The Morgan fingerprint density at radius 3 is 2.78 bits per heavy atom. The number of benzene rings is 1. The first-order valence-electron chi connectivity index (χ1n) is 5.02. The summed E-state index contributed by atoms with van der Waals surface area (Å²) < 4.78 is 1.66. The smallest absolute Gasteiger partial charge is 0.249 e. The molecule has 1 heterocycles. The molecule has 0 bridgehead atoms. The largest absolute Gasteiger partial charge is 0.399 e. The van der Waals surface area contributed by atoms with E-state index < -0.39 is 5.91 Å². The fourth-order valence-corrected chi connectivity index (χ4v) is 2.78. The third-order valence-corrected chi connectivity index (χ3v) is 3.73. The van der Waals surface area contributed by atoms with Gasteiger partial charge in [0, 0.05) is 23.8 Å². The Morgan fingerprint density at radius 2 is 2.22 bits per heavy atom. The van der Waals surface area contributed by atoms with Crippen molar-refractivity contribution in [1.82, 2.24) is 9.78 Å². The number of primary amides is 1. The van der Waals surface area contributed by atoms with E-state index in [9.17, 15) is 4.79 Å². The van der Waals surface area contributed by atoms with Gasteiger partial charge in [-0.25, -0.2) is 0 Å². The number of hydrogen-bond donors (Lipinski definition) is 2. The van der Waals surface area contributed by atoms with Gasteiger partial charge in [0.25, 0.3) is 0 Å². The summed E-state index contributed by atoms with van der Waals surface area (Å²) in [5, 5.41) is 4.45. The van der Waals surface area contributed by atoms with Gasteiger partial charge in [0.15, 0.2) is 0 Å². The molecule has 0 radical (unpaired) electrons. The van der Waals surface area contributed by atoms with E-state index >= 15 is 0 Å². The van der Waals surface area contributed by atoms with E-state index in [4.69, 9.17) is 23.1 Å². The van der Waals surface area contributed by atoms with Gasteiger partial charge in [-0.3, -0.25) is 9.48 Å². The zero-order valence-corrected chi connectivity index (χ0v) is 11.1. The minimum absolute atomic E-state index is 0.314. The number of aryl methyl sites for hydroxylation is 1. The Hall–Kier alpha value is -1.66. The molecule has 0 saturated carbocycles. The summed E-state index contributed by atoms with van der Waals surface area (Å²) >= 11 is 7.43. The number of carbonyl (C=O) groups is 1. The lowest BCUT2D eigenvalue weighted by Gasteiger charge is -2.08. The molecule has 94 valence electrons. The molecule has 1 aromatic carbocycles. The number of anilines is 1. The fourth-order valence-electron chi connectivity index (χ4n) is 1.47. The molecular formula is C11H11ClN4OS. The molecule has 7 heteroatoms. The van der Waals surface area contributed by atoms with E-state index in [-0.39, 0.29) is 0 Å². The molecular weight excluding hydrogens is 272 g/mol. The van der Waals surface area contributed by atoms with Gasteiger partial charge in [-0.15, -0.1) is 0 Å². The number of hydrogen-bond acceptors (Lipinski definition) is 4. The van der Waals surface area contributed by atoms with Crippen molar-refractivity contribution in [3.8, 4) is 0 Å². The summed E-state index contributed by atoms with van der Waals surface area (Å²) in [5.74, 6) is -0.560. The van der Waals surface area contributed by atoms with Crippen LogP contribution in [0.3, 0.4) is 0 Å². The Bertz CT molecular complexity index is 611. The summed E-state index contributed by atoms with van der Waals surface area (Å²) in [6.45, 7) is 0. The van der Waals surface area contributed by atoms with Crippen molar-refractivity contribution in [2.45, 2.75) is 9.79 Å². The van der Waals surface area contributed by atoms with Gasteiger partial charge in [0.2, 0.25) is 5.91 Å². The number of rotatable bonds is 3. The standard InChI is InChI=1S/C11H11ClN4OS/c1-16-5-7(4-15-16)18-10-8(11(14)17)2-6(13)3-9(10)12/h2-5H,13H2,1H3,(H2,14,17). The van der Waals surface area contributed by atoms with Crippen molar-refractivity contribution in [2.75, 3.05) is 5.73 Å². The van der Waals surface area contributed by atoms with Gasteiger partial charge in [-0.05, 0) is 12.1 Å². The van der Waals surface area contributed by atoms with Crippen molar-refractivity contribution >= 4 is 35.0 Å². The average molecular weight is 283 g/mol. The van der Waals surface area contributed by atoms with Crippen LogP contribution in [0.5, 0.6) is 0 Å². The Morgan fingerprint density at radius 1 is 1.50 bits per heavy atom. The first kappa shape index (κ1) is 12.8. The van der Waals surface area contributed by atoms with Crippen LogP contribution in [0.25, 0.3) is 0 Å². The second-order valence-corrected chi connectivity index (χ2v) is 5.19. The summed E-state index contributed by atoms with van der Waals surface area (Å²) in [4.78, 5) is 12.9. The molecule has 0 aliphatic heterocycles. The molecule has 5 nitrogen and oxygen atoms in total. The number of halogens is 1. The predicted octanol–water partition coefficient (Wildman–Crippen LogP) is 1.91. The number of nitrogens with two attached hydrogens (primary N) is 2. The summed E-state index contributed by atoms with van der Waals surface area (Å²) in [7, 11) is 1.81. The summed E-state index contributed by atoms with van der Waals surface area (Å²) in [5.41, 5.74) is 11.7. The number of nitrogens with zero attached hydrogens (tertiary/aromatic N) is 2. The van der Waals surface area contributed by atoms with Crippen LogP contribution in [0, 0.1) is 0 Å². The van der Waals surface area contributed by atoms with Crippen LogP contribution in [-0.4, -0.2) is 15.7 Å². The lowest BCUT2D eigenvalue weighted by molar-refractivity contribution is 0.0997. The minimum Gasteiger partial charge on any atom is -0.399 e. The van der Waals surface area contributed by atoms with Gasteiger partial charge in [0.1, 0.15) is 0 Å². The van der Waals surface area contributed by atoms with Gasteiger partial charge in [0.05, 0.1) is 21.7 Å². The lowest BCUT2D eigenvalue weighted by Crippen LogP contribution is -2.13. The predicted molar refractivity (Wildman–Crippen MR) is 71.7 cm³/mol. The first-order valence-corrected chi connectivity index (χ1v) is 6.22.